The molecule has 7 heteroatoms. The molecular formula is C18H19N3O3S. The summed E-state index contributed by atoms with van der Waals surface area (Å²) in [5.41, 5.74) is 2.43. The minimum absolute atomic E-state index is 0.278. The number of carbonyl (C=O) groups is 1. The molecule has 1 aromatic carbocycles. The number of nitrogens with zero attached hydrogens (tertiary/aromatic N) is 3. The number of hydrogen-bond acceptors (Lipinski definition) is 7. The molecule has 6 nitrogen and oxygen atoms in total. The third kappa shape index (κ3) is 4.11. The molecule has 0 radical (unpaired) electrons. The molecule has 130 valence electrons. The molecule has 3 rings (SSSR count). The Morgan fingerprint density at radius 3 is 2.76 bits per heavy atom. The third-order valence-electron chi connectivity index (χ3n) is 3.60. The smallest absolute Gasteiger partial charge is 0.358 e. The Kier molecular flexibility index (Phi) is 5.23. The summed E-state index contributed by atoms with van der Waals surface area (Å²) >= 11 is 1.41. The second-order valence-corrected chi connectivity index (χ2v) is 6.61. The highest BCUT2D eigenvalue weighted by Crippen LogP contribution is 2.25. The topological polar surface area (TPSA) is 78.1 Å². The average Bonchev–Trinajstić information content (AvgIpc) is 3.25. The van der Waals surface area contributed by atoms with Gasteiger partial charge in [-0.2, -0.15) is 4.98 Å². The normalized spacial score (nSPS) is 12.1. The monoisotopic (exact) mass is 357 g/mol. The van der Waals surface area contributed by atoms with Crippen LogP contribution in [-0.4, -0.2) is 21.1 Å². The summed E-state index contributed by atoms with van der Waals surface area (Å²) in [6, 6.07) is 8.00. The molecule has 0 saturated heterocycles. The van der Waals surface area contributed by atoms with Crippen LogP contribution in [0.3, 0.4) is 0 Å². The van der Waals surface area contributed by atoms with Gasteiger partial charge in [-0.25, -0.2) is 9.78 Å². The van der Waals surface area contributed by atoms with Gasteiger partial charge in [0, 0.05) is 17.4 Å². The first kappa shape index (κ1) is 17.3. The number of rotatable bonds is 6. The predicted octanol–water partition coefficient (Wildman–Crippen LogP) is 4.37. The Morgan fingerprint density at radius 1 is 1.28 bits per heavy atom. The summed E-state index contributed by atoms with van der Waals surface area (Å²) in [6.45, 7) is 5.76. The van der Waals surface area contributed by atoms with Gasteiger partial charge >= 0.3 is 5.97 Å². The quantitative estimate of drug-likeness (QED) is 0.610. The lowest BCUT2D eigenvalue weighted by Gasteiger charge is -2.07. The number of esters is 1. The van der Waals surface area contributed by atoms with E-state index in [0.29, 0.717) is 11.7 Å². The minimum Gasteiger partial charge on any atom is -0.448 e. The van der Waals surface area contributed by atoms with Crippen molar-refractivity contribution in [3.63, 3.8) is 0 Å². The van der Waals surface area contributed by atoms with Crippen molar-refractivity contribution < 1.29 is 14.1 Å². The molecule has 3 aromatic rings. The van der Waals surface area contributed by atoms with Crippen molar-refractivity contribution in [2.45, 2.75) is 39.7 Å². The van der Waals surface area contributed by atoms with E-state index >= 15 is 0 Å². The number of ether oxygens (including phenoxy) is 1. The molecule has 0 spiro atoms. The Labute approximate surface area is 149 Å². The Morgan fingerprint density at radius 2 is 2.04 bits per heavy atom. The molecule has 0 saturated carbocycles. The van der Waals surface area contributed by atoms with Crippen LogP contribution in [0.15, 0.2) is 34.2 Å². The zero-order valence-electron chi connectivity index (χ0n) is 14.4. The van der Waals surface area contributed by atoms with E-state index in [-0.39, 0.29) is 5.69 Å². The lowest BCUT2D eigenvalue weighted by atomic mass is 10.2. The van der Waals surface area contributed by atoms with Gasteiger partial charge in [0.1, 0.15) is 5.01 Å². The highest BCUT2D eigenvalue weighted by molar-refractivity contribution is 7.13. The molecule has 1 atom stereocenters. The van der Waals surface area contributed by atoms with Crippen molar-refractivity contribution >= 4 is 17.3 Å². The van der Waals surface area contributed by atoms with Crippen LogP contribution in [0.2, 0.25) is 0 Å². The van der Waals surface area contributed by atoms with Crippen molar-refractivity contribution in [3.05, 3.63) is 52.6 Å². The maximum atomic E-state index is 12.3. The number of hydrogen-bond donors (Lipinski definition) is 0. The van der Waals surface area contributed by atoms with Crippen LogP contribution in [0.5, 0.6) is 0 Å². The molecule has 0 fully saturated rings. The number of aromatic nitrogens is 3. The molecule has 0 aliphatic heterocycles. The fourth-order valence-corrected chi connectivity index (χ4v) is 3.02. The number of aryl methyl sites for hydroxylation is 2. The maximum Gasteiger partial charge on any atom is 0.358 e. The van der Waals surface area contributed by atoms with Crippen molar-refractivity contribution in [2.24, 2.45) is 0 Å². The number of benzene rings is 1. The fourth-order valence-electron chi connectivity index (χ4n) is 2.23. The zero-order chi connectivity index (χ0) is 17.8. The van der Waals surface area contributed by atoms with Crippen LogP contribution < -0.4 is 0 Å². The van der Waals surface area contributed by atoms with Gasteiger partial charge in [-0.15, -0.1) is 11.3 Å². The molecule has 0 bridgehead atoms. The van der Waals surface area contributed by atoms with Gasteiger partial charge in [-0.3, -0.25) is 0 Å². The lowest BCUT2D eigenvalue weighted by Crippen LogP contribution is -2.10. The van der Waals surface area contributed by atoms with Crippen LogP contribution in [0.25, 0.3) is 10.6 Å². The van der Waals surface area contributed by atoms with E-state index in [0.717, 1.165) is 23.4 Å². The van der Waals surface area contributed by atoms with E-state index < -0.39 is 12.1 Å². The Bertz CT molecular complexity index is 855. The van der Waals surface area contributed by atoms with Gasteiger partial charge in [0.25, 0.3) is 5.89 Å². The average molecular weight is 357 g/mol. The molecule has 2 aromatic heterocycles. The summed E-state index contributed by atoms with van der Waals surface area (Å²) in [5, 5.41) is 6.34. The van der Waals surface area contributed by atoms with E-state index in [9.17, 15) is 4.79 Å². The summed E-state index contributed by atoms with van der Waals surface area (Å²) in [6.07, 6.45) is 1.04. The van der Waals surface area contributed by atoms with Crippen LogP contribution in [0.1, 0.15) is 54.1 Å². The first-order valence-corrected chi connectivity index (χ1v) is 9.00. The fraction of sp³-hybridized carbons (Fsp3) is 0.333. The van der Waals surface area contributed by atoms with E-state index in [4.69, 9.17) is 9.26 Å². The second kappa shape index (κ2) is 7.57. The van der Waals surface area contributed by atoms with Crippen LogP contribution >= 0.6 is 11.3 Å². The van der Waals surface area contributed by atoms with Gasteiger partial charge < -0.3 is 9.26 Å². The lowest BCUT2D eigenvalue weighted by molar-refractivity contribution is 0.0259. The summed E-state index contributed by atoms with van der Waals surface area (Å²) in [4.78, 5) is 20.9. The Hall–Kier alpha value is -2.54. The summed E-state index contributed by atoms with van der Waals surface area (Å²) in [7, 11) is 0. The molecule has 2 heterocycles. The van der Waals surface area contributed by atoms with Gasteiger partial charge in [0.15, 0.2) is 17.6 Å². The van der Waals surface area contributed by atoms with Crippen molar-refractivity contribution in [1.29, 1.82) is 0 Å². The van der Waals surface area contributed by atoms with Gasteiger partial charge in [0.2, 0.25) is 0 Å². The molecular weight excluding hydrogens is 338 g/mol. The molecule has 25 heavy (non-hydrogen) atoms. The van der Waals surface area contributed by atoms with E-state index in [1.165, 1.54) is 16.9 Å². The van der Waals surface area contributed by atoms with Crippen LogP contribution in [0, 0.1) is 6.92 Å². The standard InChI is InChI=1S/C18H19N3O3S/c1-4-5-15-20-16(24-21-15)12(3)23-18(22)14-10-25-17(19-14)13-8-6-11(2)7-9-13/h6-10,12H,4-5H2,1-3H3. The zero-order valence-corrected chi connectivity index (χ0v) is 15.2. The number of thiazole rings is 1. The predicted molar refractivity (Wildman–Crippen MR) is 94.4 cm³/mol. The first-order valence-electron chi connectivity index (χ1n) is 8.13. The highest BCUT2D eigenvalue weighted by Gasteiger charge is 2.21. The molecule has 0 aliphatic carbocycles. The molecule has 0 N–H and O–H groups in total. The SMILES string of the molecule is CCCc1noc(C(C)OC(=O)c2csc(-c3ccc(C)cc3)n2)n1. The third-order valence-corrected chi connectivity index (χ3v) is 4.49. The van der Waals surface area contributed by atoms with Crippen LogP contribution in [0.4, 0.5) is 0 Å². The second-order valence-electron chi connectivity index (χ2n) is 5.75. The highest BCUT2D eigenvalue weighted by atomic mass is 32.1. The van der Waals surface area contributed by atoms with E-state index in [2.05, 4.69) is 15.1 Å². The molecule has 0 amide bonds. The number of carbonyl (C=O) groups excluding carboxylic acids is 1. The molecule has 0 aliphatic rings. The van der Waals surface area contributed by atoms with Gasteiger partial charge in [0.05, 0.1) is 0 Å². The van der Waals surface area contributed by atoms with Crippen LogP contribution in [-0.2, 0) is 11.2 Å². The van der Waals surface area contributed by atoms with Gasteiger partial charge in [-0.1, -0.05) is 41.9 Å². The van der Waals surface area contributed by atoms with E-state index in [1.54, 1.807) is 12.3 Å². The van der Waals surface area contributed by atoms with Gasteiger partial charge in [-0.05, 0) is 20.3 Å². The largest absolute Gasteiger partial charge is 0.448 e. The maximum absolute atomic E-state index is 12.3. The Balaban J connectivity index is 1.67. The summed E-state index contributed by atoms with van der Waals surface area (Å²) in [5.74, 6) is 0.416. The van der Waals surface area contributed by atoms with Crippen molar-refractivity contribution in [1.82, 2.24) is 15.1 Å². The minimum atomic E-state index is -0.616. The van der Waals surface area contributed by atoms with Crippen molar-refractivity contribution in [3.8, 4) is 10.6 Å². The first-order chi connectivity index (χ1) is 12.1. The summed E-state index contributed by atoms with van der Waals surface area (Å²) < 4.78 is 10.5. The van der Waals surface area contributed by atoms with Crippen molar-refractivity contribution in [2.75, 3.05) is 0 Å². The van der Waals surface area contributed by atoms with E-state index in [1.807, 2.05) is 38.1 Å². The molecule has 1 unspecified atom stereocenters.